The predicted octanol–water partition coefficient (Wildman–Crippen LogP) is 2.23. The van der Waals surface area contributed by atoms with Crippen molar-refractivity contribution in [3.63, 3.8) is 0 Å². The van der Waals surface area contributed by atoms with Crippen molar-refractivity contribution in [2.45, 2.75) is 26.3 Å². The fourth-order valence-corrected chi connectivity index (χ4v) is 1.35. The molecule has 100 valence electrons. The lowest BCUT2D eigenvalue weighted by molar-refractivity contribution is -0.130. The molecular formula is C14H21NO3. The highest BCUT2D eigenvalue weighted by Crippen LogP contribution is 2.04. The number of ether oxygens (including phenoxy) is 1. The van der Waals surface area contributed by atoms with Crippen LogP contribution in [0.15, 0.2) is 30.3 Å². The van der Waals surface area contributed by atoms with Gasteiger partial charge in [-0.1, -0.05) is 37.3 Å². The first-order chi connectivity index (χ1) is 8.65. The monoisotopic (exact) mass is 251 g/mol. The molecule has 0 aliphatic heterocycles. The Morgan fingerprint density at radius 2 is 1.89 bits per heavy atom. The summed E-state index contributed by atoms with van der Waals surface area (Å²) in [6, 6.07) is 10.0. The number of carbonyl (C=O) groups is 2. The average molecular weight is 251 g/mol. The highest BCUT2D eigenvalue weighted by atomic mass is 16.5. The fraction of sp³-hybridized carbons (Fsp3) is 0.429. The molecule has 0 heterocycles. The molecule has 18 heavy (non-hydrogen) atoms. The molecule has 1 amide bonds. The molecule has 0 spiro atoms. The van der Waals surface area contributed by atoms with Gasteiger partial charge in [0, 0.05) is 20.0 Å². The van der Waals surface area contributed by atoms with Gasteiger partial charge in [0.15, 0.2) is 0 Å². The number of carbonyl (C=O) groups excluding carboxylic acids is 2. The van der Waals surface area contributed by atoms with Crippen LogP contribution >= 0.6 is 0 Å². The van der Waals surface area contributed by atoms with Crippen LogP contribution in [0.3, 0.4) is 0 Å². The Morgan fingerprint density at radius 1 is 1.33 bits per heavy atom. The summed E-state index contributed by atoms with van der Waals surface area (Å²) in [6.45, 7) is 3.11. The van der Waals surface area contributed by atoms with E-state index in [1.54, 1.807) is 4.90 Å². The minimum atomic E-state index is 0.219. The van der Waals surface area contributed by atoms with Crippen molar-refractivity contribution >= 4 is 12.4 Å². The Labute approximate surface area is 109 Å². The molecular weight excluding hydrogens is 230 g/mol. The van der Waals surface area contributed by atoms with E-state index >= 15 is 0 Å². The molecule has 0 fully saturated rings. The summed E-state index contributed by atoms with van der Waals surface area (Å²) in [4.78, 5) is 22.2. The molecule has 1 aromatic rings. The second kappa shape index (κ2) is 10.3. The third kappa shape index (κ3) is 7.44. The lowest BCUT2D eigenvalue weighted by Gasteiger charge is -2.16. The zero-order valence-corrected chi connectivity index (χ0v) is 11.3. The minimum Gasteiger partial charge on any atom is -0.471 e. The zero-order chi connectivity index (χ0) is 13.8. The fourth-order valence-electron chi connectivity index (χ4n) is 1.35. The summed E-state index contributed by atoms with van der Waals surface area (Å²) in [7, 11) is 3.16. The lowest BCUT2D eigenvalue weighted by atomic mass is 10.2. The van der Waals surface area contributed by atoms with Gasteiger partial charge in [-0.25, -0.2) is 0 Å². The zero-order valence-electron chi connectivity index (χ0n) is 11.3. The molecule has 0 aliphatic carbocycles. The van der Waals surface area contributed by atoms with Gasteiger partial charge in [-0.3, -0.25) is 9.59 Å². The van der Waals surface area contributed by atoms with Gasteiger partial charge in [-0.15, -0.1) is 0 Å². The van der Waals surface area contributed by atoms with Gasteiger partial charge >= 0.3 is 0 Å². The van der Waals surface area contributed by atoms with Crippen LogP contribution in [-0.4, -0.2) is 31.4 Å². The molecule has 0 aliphatic rings. The first-order valence-electron chi connectivity index (χ1n) is 5.90. The standard InChI is InChI=1S/C12H17NO.C2H4O2/c1-3-7-12(14)13(2)10-11-8-5-4-6-9-11;1-4-2-3/h4-6,8-9H,3,7,10H2,1-2H3;2H,1H3. The van der Waals surface area contributed by atoms with E-state index in [1.807, 2.05) is 44.3 Å². The van der Waals surface area contributed by atoms with E-state index in [0.717, 1.165) is 6.42 Å². The summed E-state index contributed by atoms with van der Waals surface area (Å²) in [6.07, 6.45) is 1.56. The van der Waals surface area contributed by atoms with Crippen molar-refractivity contribution in [1.82, 2.24) is 4.90 Å². The second-order valence-electron chi connectivity index (χ2n) is 3.82. The molecule has 0 unspecified atom stereocenters. The van der Waals surface area contributed by atoms with Gasteiger partial charge in [-0.2, -0.15) is 0 Å². The van der Waals surface area contributed by atoms with E-state index in [2.05, 4.69) is 4.74 Å². The molecule has 4 heteroatoms. The van der Waals surface area contributed by atoms with E-state index in [0.29, 0.717) is 19.4 Å². The number of amides is 1. The molecule has 0 saturated carbocycles. The minimum absolute atomic E-state index is 0.219. The van der Waals surface area contributed by atoms with E-state index in [1.165, 1.54) is 12.7 Å². The molecule has 4 nitrogen and oxygen atoms in total. The molecule has 0 radical (unpaired) electrons. The number of hydrogen-bond acceptors (Lipinski definition) is 3. The van der Waals surface area contributed by atoms with Crippen molar-refractivity contribution in [1.29, 1.82) is 0 Å². The Morgan fingerprint density at radius 3 is 2.33 bits per heavy atom. The highest BCUT2D eigenvalue weighted by Gasteiger charge is 2.06. The summed E-state index contributed by atoms with van der Waals surface area (Å²) in [5.74, 6) is 0.219. The van der Waals surface area contributed by atoms with Crippen LogP contribution in [0.25, 0.3) is 0 Å². The van der Waals surface area contributed by atoms with Crippen LogP contribution in [0.4, 0.5) is 0 Å². The Balaban J connectivity index is 0.000000631. The van der Waals surface area contributed by atoms with Crippen LogP contribution in [0.2, 0.25) is 0 Å². The molecule has 0 aromatic heterocycles. The molecule has 0 N–H and O–H groups in total. The molecule has 0 atom stereocenters. The highest BCUT2D eigenvalue weighted by molar-refractivity contribution is 5.75. The van der Waals surface area contributed by atoms with Gasteiger partial charge in [0.1, 0.15) is 0 Å². The summed E-state index contributed by atoms with van der Waals surface area (Å²) < 4.78 is 3.86. The van der Waals surface area contributed by atoms with Crippen molar-refractivity contribution in [3.05, 3.63) is 35.9 Å². The van der Waals surface area contributed by atoms with Crippen LogP contribution in [-0.2, 0) is 20.9 Å². The van der Waals surface area contributed by atoms with Crippen molar-refractivity contribution < 1.29 is 14.3 Å². The average Bonchev–Trinajstić information content (AvgIpc) is 2.40. The van der Waals surface area contributed by atoms with Crippen LogP contribution < -0.4 is 0 Å². The van der Waals surface area contributed by atoms with Gasteiger partial charge in [0.25, 0.3) is 6.47 Å². The maximum absolute atomic E-state index is 11.5. The Bertz CT molecular complexity index is 338. The first-order valence-corrected chi connectivity index (χ1v) is 5.90. The van der Waals surface area contributed by atoms with Crippen molar-refractivity contribution in [3.8, 4) is 0 Å². The first kappa shape index (κ1) is 16.2. The number of methoxy groups -OCH3 is 1. The van der Waals surface area contributed by atoms with Crippen LogP contribution in [0.5, 0.6) is 0 Å². The van der Waals surface area contributed by atoms with Crippen LogP contribution in [0.1, 0.15) is 25.3 Å². The summed E-state index contributed by atoms with van der Waals surface area (Å²) in [5, 5.41) is 0. The largest absolute Gasteiger partial charge is 0.471 e. The third-order valence-corrected chi connectivity index (χ3v) is 2.25. The molecule has 0 saturated heterocycles. The van der Waals surface area contributed by atoms with Gasteiger partial charge in [0.2, 0.25) is 5.91 Å². The Hall–Kier alpha value is -1.84. The maximum Gasteiger partial charge on any atom is 0.292 e. The van der Waals surface area contributed by atoms with E-state index in [4.69, 9.17) is 4.79 Å². The number of hydrogen-bond donors (Lipinski definition) is 0. The summed E-state index contributed by atoms with van der Waals surface area (Å²) in [5.41, 5.74) is 1.18. The van der Waals surface area contributed by atoms with Gasteiger partial charge in [-0.05, 0) is 12.0 Å². The normalized spacial score (nSPS) is 8.83. The van der Waals surface area contributed by atoms with Gasteiger partial charge < -0.3 is 9.64 Å². The predicted molar refractivity (Wildman–Crippen MR) is 70.9 cm³/mol. The molecule has 1 rings (SSSR count). The van der Waals surface area contributed by atoms with Crippen LogP contribution in [0, 0.1) is 0 Å². The second-order valence-corrected chi connectivity index (χ2v) is 3.82. The number of nitrogens with zero attached hydrogens (tertiary/aromatic N) is 1. The van der Waals surface area contributed by atoms with Crippen molar-refractivity contribution in [2.24, 2.45) is 0 Å². The number of rotatable bonds is 5. The third-order valence-electron chi connectivity index (χ3n) is 2.25. The molecule has 0 bridgehead atoms. The quantitative estimate of drug-likeness (QED) is 0.754. The molecule has 1 aromatic carbocycles. The summed E-state index contributed by atoms with van der Waals surface area (Å²) >= 11 is 0. The number of benzene rings is 1. The maximum atomic E-state index is 11.5. The van der Waals surface area contributed by atoms with Gasteiger partial charge in [0.05, 0.1) is 7.11 Å². The lowest BCUT2D eigenvalue weighted by Crippen LogP contribution is -2.25. The smallest absolute Gasteiger partial charge is 0.292 e. The van der Waals surface area contributed by atoms with E-state index < -0.39 is 0 Å². The Kier molecular flexibility index (Phi) is 9.27. The SMILES string of the molecule is CCCC(=O)N(C)Cc1ccccc1.COC=O. The van der Waals surface area contributed by atoms with E-state index in [-0.39, 0.29) is 5.91 Å². The topological polar surface area (TPSA) is 46.6 Å². The van der Waals surface area contributed by atoms with E-state index in [9.17, 15) is 4.79 Å². The van der Waals surface area contributed by atoms with Crippen molar-refractivity contribution in [2.75, 3.05) is 14.2 Å².